The zero-order valence-electron chi connectivity index (χ0n) is 16.1. The Hall–Kier alpha value is -2.16. The van der Waals surface area contributed by atoms with E-state index in [4.69, 9.17) is 4.42 Å². The lowest BCUT2D eigenvalue weighted by Gasteiger charge is -2.32. The lowest BCUT2D eigenvalue weighted by atomic mass is 10.1. The minimum absolute atomic E-state index is 0.0358. The summed E-state index contributed by atoms with van der Waals surface area (Å²) >= 11 is 0. The highest BCUT2D eigenvalue weighted by Gasteiger charge is 2.31. The van der Waals surface area contributed by atoms with Gasteiger partial charge in [-0.25, -0.2) is 8.42 Å². The van der Waals surface area contributed by atoms with E-state index in [1.165, 1.54) is 16.6 Å². The molecule has 1 aromatic heterocycles. The van der Waals surface area contributed by atoms with Crippen molar-refractivity contribution in [2.24, 2.45) is 0 Å². The molecule has 1 aromatic carbocycles. The number of benzene rings is 1. The number of hydrogen-bond acceptors (Lipinski definition) is 5. The molecule has 0 spiro atoms. The third-order valence-corrected chi connectivity index (χ3v) is 7.14. The van der Waals surface area contributed by atoms with Crippen LogP contribution < -0.4 is 5.32 Å². The SMILES string of the molecule is Cc1ccc(S(=O)(=O)N2CCCCC2C)cc1C(=O)NCC(O)c1ccco1. The molecule has 0 saturated carbocycles. The standard InChI is InChI=1S/C20H26N2O5S/c1-14-8-9-16(28(25,26)22-10-4-3-6-15(22)2)12-17(14)20(24)21-13-18(23)19-7-5-11-27-19/h5,7-9,11-12,15,18,23H,3-4,6,10,13H2,1-2H3,(H,21,24). The maximum Gasteiger partial charge on any atom is 0.251 e. The fourth-order valence-corrected chi connectivity index (χ4v) is 5.16. The molecule has 1 fully saturated rings. The van der Waals surface area contributed by atoms with E-state index >= 15 is 0 Å². The van der Waals surface area contributed by atoms with Crippen molar-refractivity contribution in [1.82, 2.24) is 9.62 Å². The van der Waals surface area contributed by atoms with Crippen molar-refractivity contribution in [3.8, 4) is 0 Å². The number of sulfonamides is 1. The highest BCUT2D eigenvalue weighted by molar-refractivity contribution is 7.89. The van der Waals surface area contributed by atoms with Gasteiger partial charge < -0.3 is 14.8 Å². The summed E-state index contributed by atoms with van der Waals surface area (Å²) < 4.78 is 32.7. The summed E-state index contributed by atoms with van der Waals surface area (Å²) in [5, 5.41) is 12.7. The minimum atomic E-state index is -3.66. The summed E-state index contributed by atoms with van der Waals surface area (Å²) in [5.41, 5.74) is 0.938. The first-order valence-electron chi connectivity index (χ1n) is 9.43. The number of furan rings is 1. The number of piperidine rings is 1. The summed E-state index contributed by atoms with van der Waals surface area (Å²) in [7, 11) is -3.66. The average molecular weight is 407 g/mol. The molecule has 0 aliphatic carbocycles. The van der Waals surface area contributed by atoms with Gasteiger partial charge in [-0.1, -0.05) is 12.5 Å². The van der Waals surface area contributed by atoms with Crippen molar-refractivity contribution in [1.29, 1.82) is 0 Å². The molecule has 2 N–H and O–H groups in total. The highest BCUT2D eigenvalue weighted by atomic mass is 32.2. The van der Waals surface area contributed by atoms with Gasteiger partial charge in [0.1, 0.15) is 11.9 Å². The van der Waals surface area contributed by atoms with Gasteiger partial charge in [0.25, 0.3) is 5.91 Å². The van der Waals surface area contributed by atoms with Gasteiger partial charge in [-0.15, -0.1) is 0 Å². The molecule has 8 heteroatoms. The molecule has 3 rings (SSSR count). The quantitative estimate of drug-likeness (QED) is 0.768. The van der Waals surface area contributed by atoms with Crippen molar-refractivity contribution in [2.75, 3.05) is 13.1 Å². The van der Waals surface area contributed by atoms with E-state index in [1.807, 2.05) is 6.92 Å². The maximum atomic E-state index is 13.0. The largest absolute Gasteiger partial charge is 0.467 e. The highest BCUT2D eigenvalue weighted by Crippen LogP contribution is 2.26. The summed E-state index contributed by atoms with van der Waals surface area (Å²) in [6, 6.07) is 7.82. The number of aryl methyl sites for hydroxylation is 1. The molecule has 0 bridgehead atoms. The molecule has 152 valence electrons. The Morgan fingerprint density at radius 3 is 2.82 bits per heavy atom. The number of nitrogens with one attached hydrogen (secondary N) is 1. The molecule has 2 heterocycles. The van der Waals surface area contributed by atoms with E-state index in [-0.39, 0.29) is 23.0 Å². The minimum Gasteiger partial charge on any atom is -0.467 e. The monoisotopic (exact) mass is 406 g/mol. The lowest BCUT2D eigenvalue weighted by Crippen LogP contribution is -2.42. The molecule has 1 amide bonds. The number of aliphatic hydroxyl groups is 1. The third kappa shape index (κ3) is 4.29. The topological polar surface area (TPSA) is 99.9 Å². The zero-order valence-corrected chi connectivity index (χ0v) is 16.9. The number of aliphatic hydroxyl groups excluding tert-OH is 1. The average Bonchev–Trinajstić information content (AvgIpc) is 3.21. The van der Waals surface area contributed by atoms with E-state index in [0.717, 1.165) is 19.3 Å². The molecule has 2 aromatic rings. The fourth-order valence-electron chi connectivity index (χ4n) is 3.44. The van der Waals surface area contributed by atoms with Crippen molar-refractivity contribution >= 4 is 15.9 Å². The smallest absolute Gasteiger partial charge is 0.251 e. The second kappa shape index (κ2) is 8.46. The molecule has 1 aliphatic rings. The van der Waals surface area contributed by atoms with E-state index in [0.29, 0.717) is 17.9 Å². The predicted molar refractivity (Wildman–Crippen MR) is 104 cm³/mol. The van der Waals surface area contributed by atoms with Crippen LogP contribution in [0.2, 0.25) is 0 Å². The van der Waals surface area contributed by atoms with Gasteiger partial charge in [0.2, 0.25) is 10.0 Å². The molecule has 7 nitrogen and oxygen atoms in total. The van der Waals surface area contributed by atoms with Gasteiger partial charge in [-0.05, 0) is 56.5 Å². The van der Waals surface area contributed by atoms with Crippen molar-refractivity contribution in [3.63, 3.8) is 0 Å². The Bertz CT molecular complexity index is 924. The summed E-state index contributed by atoms with van der Waals surface area (Å²) in [4.78, 5) is 12.7. The van der Waals surface area contributed by atoms with Gasteiger partial charge in [-0.2, -0.15) is 4.31 Å². The first kappa shape index (κ1) is 20.6. The number of carbonyl (C=O) groups is 1. The summed E-state index contributed by atoms with van der Waals surface area (Å²) in [6.07, 6.45) is 3.17. The lowest BCUT2D eigenvalue weighted by molar-refractivity contribution is 0.0900. The Kier molecular flexibility index (Phi) is 6.22. The van der Waals surface area contributed by atoms with E-state index < -0.39 is 22.0 Å². The molecule has 28 heavy (non-hydrogen) atoms. The van der Waals surface area contributed by atoms with Crippen LogP contribution in [-0.2, 0) is 10.0 Å². The molecule has 1 saturated heterocycles. The molecule has 0 radical (unpaired) electrons. The zero-order chi connectivity index (χ0) is 20.3. The van der Waals surface area contributed by atoms with Gasteiger partial charge in [0, 0.05) is 18.2 Å². The van der Waals surface area contributed by atoms with Gasteiger partial charge >= 0.3 is 0 Å². The molecular formula is C20H26N2O5S. The summed E-state index contributed by atoms with van der Waals surface area (Å²) in [6.45, 7) is 4.12. The van der Waals surface area contributed by atoms with Crippen LogP contribution in [0.15, 0.2) is 45.9 Å². The van der Waals surface area contributed by atoms with Crippen LogP contribution in [0.4, 0.5) is 0 Å². The number of rotatable bonds is 6. The van der Waals surface area contributed by atoms with Gasteiger partial charge in [0.15, 0.2) is 0 Å². The van der Waals surface area contributed by atoms with Gasteiger partial charge in [0.05, 0.1) is 17.7 Å². The Morgan fingerprint density at radius 1 is 1.36 bits per heavy atom. The Morgan fingerprint density at radius 2 is 2.14 bits per heavy atom. The normalized spacial score (nSPS) is 19.3. The van der Waals surface area contributed by atoms with E-state index in [1.54, 1.807) is 31.2 Å². The van der Waals surface area contributed by atoms with Crippen LogP contribution in [0, 0.1) is 6.92 Å². The second-order valence-electron chi connectivity index (χ2n) is 7.18. The van der Waals surface area contributed by atoms with Crippen molar-refractivity contribution in [2.45, 2.75) is 50.2 Å². The number of hydrogen-bond donors (Lipinski definition) is 2. The van der Waals surface area contributed by atoms with E-state index in [2.05, 4.69) is 5.32 Å². The van der Waals surface area contributed by atoms with Crippen LogP contribution in [0.25, 0.3) is 0 Å². The maximum absolute atomic E-state index is 13.0. The van der Waals surface area contributed by atoms with Crippen LogP contribution in [0.5, 0.6) is 0 Å². The third-order valence-electron chi connectivity index (χ3n) is 5.13. The Balaban J connectivity index is 1.78. The van der Waals surface area contributed by atoms with Crippen LogP contribution in [0.1, 0.15) is 54.0 Å². The van der Waals surface area contributed by atoms with E-state index in [9.17, 15) is 18.3 Å². The fraction of sp³-hybridized carbons (Fsp3) is 0.450. The summed E-state index contributed by atoms with van der Waals surface area (Å²) in [5.74, 6) is -0.0840. The van der Waals surface area contributed by atoms with Gasteiger partial charge in [-0.3, -0.25) is 4.79 Å². The first-order valence-corrected chi connectivity index (χ1v) is 10.9. The molecule has 2 unspecified atom stereocenters. The van der Waals surface area contributed by atoms with Crippen LogP contribution in [-0.4, -0.2) is 42.9 Å². The second-order valence-corrected chi connectivity index (χ2v) is 9.07. The molecule has 2 atom stereocenters. The van der Waals surface area contributed by atoms with Crippen LogP contribution in [0.3, 0.4) is 0 Å². The predicted octanol–water partition coefficient (Wildman–Crippen LogP) is 2.61. The molecular weight excluding hydrogens is 380 g/mol. The number of nitrogens with zero attached hydrogens (tertiary/aromatic N) is 1. The molecule has 1 aliphatic heterocycles. The Labute approximate surface area is 165 Å². The van der Waals surface area contributed by atoms with Crippen molar-refractivity contribution < 1.29 is 22.7 Å². The van der Waals surface area contributed by atoms with Crippen LogP contribution >= 0.6 is 0 Å². The van der Waals surface area contributed by atoms with Crippen molar-refractivity contribution in [3.05, 3.63) is 53.5 Å². The number of amides is 1. The first-order chi connectivity index (χ1) is 13.3. The number of carbonyl (C=O) groups excluding carboxylic acids is 1.